The smallest absolute Gasteiger partial charge is 0.310 e. The molecule has 3 heteroatoms. The lowest BCUT2D eigenvalue weighted by molar-refractivity contribution is -0.145. The Morgan fingerprint density at radius 3 is 2.69 bits per heavy atom. The lowest BCUT2D eigenvalue weighted by atomic mass is 9.73. The molecule has 4 unspecified atom stereocenters. The van der Waals surface area contributed by atoms with E-state index in [0.29, 0.717) is 6.42 Å². The molecule has 1 heterocycles. The lowest BCUT2D eigenvalue weighted by Crippen LogP contribution is -2.32. The number of Topliss-reactive ketones (excluding diaryl/α,β-unsaturated/α-hetero) is 1. The second-order valence-corrected chi connectivity index (χ2v) is 4.22. The zero-order valence-corrected chi connectivity index (χ0v) is 7.95. The molecular formula is C10H14O3. The van der Waals surface area contributed by atoms with Crippen molar-refractivity contribution in [2.24, 2.45) is 17.8 Å². The topological polar surface area (TPSA) is 43.4 Å². The Morgan fingerprint density at radius 1 is 1.31 bits per heavy atom. The van der Waals surface area contributed by atoms with Gasteiger partial charge < -0.3 is 4.74 Å². The Hall–Kier alpha value is -0.860. The summed E-state index contributed by atoms with van der Waals surface area (Å²) in [6.07, 6.45) is 1.22. The van der Waals surface area contributed by atoms with Gasteiger partial charge in [0.2, 0.25) is 0 Å². The molecule has 13 heavy (non-hydrogen) atoms. The van der Waals surface area contributed by atoms with Crippen LogP contribution in [0.1, 0.15) is 26.7 Å². The molecule has 0 radical (unpaired) electrons. The van der Waals surface area contributed by atoms with Crippen LogP contribution in [0.5, 0.6) is 0 Å². The molecule has 2 rings (SSSR count). The number of esters is 1. The summed E-state index contributed by atoms with van der Waals surface area (Å²) in [4.78, 5) is 22.7. The van der Waals surface area contributed by atoms with Crippen molar-refractivity contribution < 1.29 is 14.3 Å². The van der Waals surface area contributed by atoms with Crippen molar-refractivity contribution >= 4 is 11.8 Å². The first-order chi connectivity index (χ1) is 6.09. The molecule has 0 bridgehead atoms. The molecule has 2 fully saturated rings. The van der Waals surface area contributed by atoms with Gasteiger partial charge in [0.25, 0.3) is 0 Å². The van der Waals surface area contributed by atoms with Gasteiger partial charge in [-0.25, -0.2) is 0 Å². The largest absolute Gasteiger partial charge is 0.462 e. The number of ether oxygens (including phenoxy) is 1. The first kappa shape index (κ1) is 8.73. The Balaban J connectivity index is 2.19. The van der Waals surface area contributed by atoms with Crippen molar-refractivity contribution in [2.45, 2.75) is 32.8 Å². The fraction of sp³-hybridized carbons (Fsp3) is 0.800. The molecule has 1 aliphatic heterocycles. The average molecular weight is 182 g/mol. The highest BCUT2D eigenvalue weighted by Gasteiger charge is 2.47. The zero-order valence-electron chi connectivity index (χ0n) is 7.95. The Labute approximate surface area is 77.4 Å². The van der Waals surface area contributed by atoms with Crippen LogP contribution in [-0.2, 0) is 14.3 Å². The molecule has 1 saturated heterocycles. The first-order valence-electron chi connectivity index (χ1n) is 4.83. The van der Waals surface area contributed by atoms with Crippen molar-refractivity contribution in [2.75, 3.05) is 0 Å². The van der Waals surface area contributed by atoms with Crippen molar-refractivity contribution in [3.63, 3.8) is 0 Å². The van der Waals surface area contributed by atoms with E-state index < -0.39 is 0 Å². The standard InChI is InChI=1S/C10H14O3/c1-5-3-7-6(2)13-10(12)8(7)4-9(5)11/h5-8H,3-4H2,1-2H3. The molecule has 0 aromatic heterocycles. The van der Waals surface area contributed by atoms with E-state index in [1.165, 1.54) is 0 Å². The van der Waals surface area contributed by atoms with Gasteiger partial charge in [-0.2, -0.15) is 0 Å². The minimum atomic E-state index is -0.169. The summed E-state index contributed by atoms with van der Waals surface area (Å²) in [6, 6.07) is 0. The number of carbonyl (C=O) groups is 2. The van der Waals surface area contributed by atoms with Crippen LogP contribution < -0.4 is 0 Å². The highest BCUT2D eigenvalue weighted by Crippen LogP contribution is 2.40. The number of hydrogen-bond donors (Lipinski definition) is 0. The zero-order chi connectivity index (χ0) is 9.59. The molecule has 4 atom stereocenters. The highest BCUT2D eigenvalue weighted by molar-refractivity contribution is 5.88. The van der Waals surface area contributed by atoms with Gasteiger partial charge in [-0.05, 0) is 13.3 Å². The van der Waals surface area contributed by atoms with Crippen LogP contribution >= 0.6 is 0 Å². The van der Waals surface area contributed by atoms with E-state index in [1.54, 1.807) is 0 Å². The van der Waals surface area contributed by atoms with Gasteiger partial charge in [-0.15, -0.1) is 0 Å². The van der Waals surface area contributed by atoms with Crippen molar-refractivity contribution in [1.82, 2.24) is 0 Å². The van der Waals surface area contributed by atoms with Crippen LogP contribution in [0.25, 0.3) is 0 Å². The third-order valence-corrected chi connectivity index (χ3v) is 3.32. The molecule has 72 valence electrons. The van der Waals surface area contributed by atoms with E-state index in [1.807, 2.05) is 13.8 Å². The molecule has 0 amide bonds. The van der Waals surface area contributed by atoms with Crippen LogP contribution in [0.4, 0.5) is 0 Å². The van der Waals surface area contributed by atoms with E-state index in [-0.39, 0.29) is 35.6 Å². The van der Waals surface area contributed by atoms with Gasteiger partial charge in [-0.3, -0.25) is 9.59 Å². The fourth-order valence-electron chi connectivity index (χ4n) is 2.41. The second-order valence-electron chi connectivity index (χ2n) is 4.22. The van der Waals surface area contributed by atoms with E-state index in [0.717, 1.165) is 6.42 Å². The second kappa shape index (κ2) is 2.82. The van der Waals surface area contributed by atoms with Crippen LogP contribution in [0.3, 0.4) is 0 Å². The van der Waals surface area contributed by atoms with Gasteiger partial charge >= 0.3 is 5.97 Å². The van der Waals surface area contributed by atoms with E-state index in [4.69, 9.17) is 4.74 Å². The normalized spacial score (nSPS) is 44.5. The lowest BCUT2D eigenvalue weighted by Gasteiger charge is -2.26. The molecule has 1 aliphatic carbocycles. The van der Waals surface area contributed by atoms with Crippen LogP contribution in [-0.4, -0.2) is 17.9 Å². The summed E-state index contributed by atoms with van der Waals surface area (Å²) in [5, 5.41) is 0. The van der Waals surface area contributed by atoms with Crippen molar-refractivity contribution in [1.29, 1.82) is 0 Å². The summed E-state index contributed by atoms with van der Waals surface area (Å²) in [5.41, 5.74) is 0. The molecule has 1 saturated carbocycles. The summed E-state index contributed by atoms with van der Waals surface area (Å²) in [7, 11) is 0. The van der Waals surface area contributed by atoms with Gasteiger partial charge in [0.1, 0.15) is 11.9 Å². The van der Waals surface area contributed by atoms with Crippen LogP contribution in [0.15, 0.2) is 0 Å². The van der Waals surface area contributed by atoms with Crippen LogP contribution in [0, 0.1) is 17.8 Å². The summed E-state index contributed by atoms with van der Waals surface area (Å²) < 4.78 is 5.11. The maximum Gasteiger partial charge on any atom is 0.310 e. The number of carbonyl (C=O) groups excluding carboxylic acids is 2. The molecule has 0 N–H and O–H groups in total. The quantitative estimate of drug-likeness (QED) is 0.528. The minimum absolute atomic E-state index is 0.00745. The number of ketones is 1. The summed E-state index contributed by atoms with van der Waals surface area (Å²) >= 11 is 0. The average Bonchev–Trinajstić information content (AvgIpc) is 2.31. The SMILES string of the molecule is CC1CC2C(C)OC(=O)C2CC1=O. The maximum absolute atomic E-state index is 11.4. The molecule has 0 aromatic carbocycles. The molecule has 0 aromatic rings. The first-order valence-corrected chi connectivity index (χ1v) is 4.83. The van der Waals surface area contributed by atoms with Crippen molar-refractivity contribution in [3.05, 3.63) is 0 Å². The van der Waals surface area contributed by atoms with Gasteiger partial charge in [0.05, 0.1) is 5.92 Å². The van der Waals surface area contributed by atoms with Crippen molar-refractivity contribution in [3.8, 4) is 0 Å². The van der Waals surface area contributed by atoms with E-state index in [9.17, 15) is 9.59 Å². The third kappa shape index (κ3) is 1.26. The predicted molar refractivity (Wildman–Crippen MR) is 45.9 cm³/mol. The van der Waals surface area contributed by atoms with Gasteiger partial charge in [0, 0.05) is 18.3 Å². The third-order valence-electron chi connectivity index (χ3n) is 3.32. The molecule has 0 spiro atoms. The number of rotatable bonds is 0. The highest BCUT2D eigenvalue weighted by atomic mass is 16.6. The van der Waals surface area contributed by atoms with Gasteiger partial charge in [-0.1, -0.05) is 6.92 Å². The van der Waals surface area contributed by atoms with E-state index in [2.05, 4.69) is 0 Å². The maximum atomic E-state index is 11.4. The Bertz CT molecular complexity index is 259. The monoisotopic (exact) mass is 182 g/mol. The molecule has 2 aliphatic rings. The predicted octanol–water partition coefficient (Wildman–Crippen LogP) is 1.16. The number of fused-ring (bicyclic) bond motifs is 1. The number of cyclic esters (lactones) is 1. The van der Waals surface area contributed by atoms with E-state index >= 15 is 0 Å². The Kier molecular flexibility index (Phi) is 1.90. The van der Waals surface area contributed by atoms with Gasteiger partial charge in [0.15, 0.2) is 0 Å². The number of hydrogen-bond acceptors (Lipinski definition) is 3. The summed E-state index contributed by atoms with van der Waals surface area (Å²) in [6.45, 7) is 3.86. The van der Waals surface area contributed by atoms with Crippen LogP contribution in [0.2, 0.25) is 0 Å². The minimum Gasteiger partial charge on any atom is -0.462 e. The molecule has 3 nitrogen and oxygen atoms in total. The summed E-state index contributed by atoms with van der Waals surface area (Å²) in [5.74, 6) is 0.294. The molecular weight excluding hydrogens is 168 g/mol. The Morgan fingerprint density at radius 2 is 2.00 bits per heavy atom. The fourth-order valence-corrected chi connectivity index (χ4v) is 2.41.